The Hall–Kier alpha value is -5.48. The summed E-state index contributed by atoms with van der Waals surface area (Å²) < 4.78 is 2.05. The van der Waals surface area contributed by atoms with Gasteiger partial charge in [-0.25, -0.2) is 4.98 Å². The van der Waals surface area contributed by atoms with Crippen LogP contribution in [0, 0.1) is 0 Å². The monoisotopic (exact) mass is 543 g/mol. The first-order chi connectivity index (χ1) is 20.7. The molecule has 4 heteroatoms. The van der Waals surface area contributed by atoms with E-state index in [2.05, 4.69) is 115 Å². The van der Waals surface area contributed by atoms with E-state index in [9.17, 15) is 5.11 Å². The van der Waals surface area contributed by atoms with E-state index in [-0.39, 0.29) is 5.75 Å². The second-order valence-corrected chi connectivity index (χ2v) is 10.5. The Kier molecular flexibility index (Phi) is 6.37. The number of hydrogen-bond acceptors (Lipinski definition) is 3. The number of phenolic OH excluding ortho intramolecular Hbond substituents is 1. The quantitative estimate of drug-likeness (QED) is 0.214. The lowest BCUT2D eigenvalue weighted by Crippen LogP contribution is -2.32. The summed E-state index contributed by atoms with van der Waals surface area (Å²) in [7, 11) is 1.99. The molecule has 0 bridgehead atoms. The lowest BCUT2D eigenvalue weighted by Gasteiger charge is -2.36. The van der Waals surface area contributed by atoms with Crippen LogP contribution in [0.4, 0.5) is 0 Å². The van der Waals surface area contributed by atoms with Crippen LogP contribution < -0.4 is 0 Å². The van der Waals surface area contributed by atoms with Crippen molar-refractivity contribution in [3.63, 3.8) is 0 Å². The zero-order chi connectivity index (χ0) is 28.5. The van der Waals surface area contributed by atoms with E-state index in [4.69, 9.17) is 9.97 Å². The SMILES string of the molecule is Cn1c(-c2ccccc2O)nc2c(-c3cccc(C(c4ccccc4)(c4ccccc4)c4ccccn4)c3)cccc21. The highest BCUT2D eigenvalue weighted by atomic mass is 16.3. The third-order valence-corrected chi connectivity index (χ3v) is 8.13. The summed E-state index contributed by atoms with van der Waals surface area (Å²) in [5, 5.41) is 10.6. The maximum Gasteiger partial charge on any atom is 0.144 e. The predicted molar refractivity (Wildman–Crippen MR) is 169 cm³/mol. The number of imidazole rings is 1. The maximum absolute atomic E-state index is 10.6. The molecule has 7 rings (SSSR count). The van der Waals surface area contributed by atoms with Gasteiger partial charge in [-0.1, -0.05) is 109 Å². The summed E-state index contributed by atoms with van der Waals surface area (Å²) in [5.74, 6) is 0.938. The first kappa shape index (κ1) is 25.5. The molecule has 5 aromatic carbocycles. The molecular weight excluding hydrogens is 514 g/mol. The average Bonchev–Trinajstić information content (AvgIpc) is 3.39. The first-order valence-electron chi connectivity index (χ1n) is 14.0. The topological polar surface area (TPSA) is 50.9 Å². The van der Waals surface area contributed by atoms with Crippen LogP contribution >= 0.6 is 0 Å². The Morgan fingerprint density at radius 2 is 1.21 bits per heavy atom. The summed E-state index contributed by atoms with van der Waals surface area (Å²) in [4.78, 5) is 10.0. The van der Waals surface area contributed by atoms with Gasteiger partial charge < -0.3 is 9.67 Å². The van der Waals surface area contributed by atoms with Gasteiger partial charge in [0.05, 0.1) is 27.7 Å². The van der Waals surface area contributed by atoms with E-state index in [0.29, 0.717) is 5.56 Å². The van der Waals surface area contributed by atoms with Gasteiger partial charge in [0.15, 0.2) is 0 Å². The fourth-order valence-corrected chi connectivity index (χ4v) is 6.18. The molecule has 0 atom stereocenters. The Bertz CT molecular complexity index is 1900. The van der Waals surface area contributed by atoms with Crippen molar-refractivity contribution in [2.24, 2.45) is 7.05 Å². The molecule has 0 fully saturated rings. The van der Waals surface area contributed by atoms with Crippen molar-refractivity contribution in [3.8, 4) is 28.3 Å². The van der Waals surface area contributed by atoms with E-state index in [1.165, 1.54) is 0 Å². The Morgan fingerprint density at radius 3 is 1.90 bits per heavy atom. The largest absolute Gasteiger partial charge is 0.507 e. The molecule has 0 saturated carbocycles. The van der Waals surface area contributed by atoms with Crippen LogP contribution in [0.5, 0.6) is 5.75 Å². The number of fused-ring (bicyclic) bond motifs is 1. The zero-order valence-corrected chi connectivity index (χ0v) is 23.2. The van der Waals surface area contributed by atoms with Crippen LogP contribution in [0.1, 0.15) is 22.4 Å². The number of pyridine rings is 1. The molecule has 0 amide bonds. The highest BCUT2D eigenvalue weighted by molar-refractivity contribution is 5.95. The molecule has 0 unspecified atom stereocenters. The number of aryl methyl sites for hydroxylation is 1. The smallest absolute Gasteiger partial charge is 0.144 e. The number of aromatic nitrogens is 3. The van der Waals surface area contributed by atoms with Gasteiger partial charge >= 0.3 is 0 Å². The molecule has 0 aliphatic carbocycles. The fraction of sp³-hybridized carbons (Fsp3) is 0.0526. The number of rotatable bonds is 6. The zero-order valence-electron chi connectivity index (χ0n) is 23.2. The molecule has 202 valence electrons. The van der Waals surface area contributed by atoms with Crippen LogP contribution in [0.3, 0.4) is 0 Å². The number of aromatic hydroxyl groups is 1. The van der Waals surface area contributed by atoms with Crippen molar-refractivity contribution >= 4 is 11.0 Å². The van der Waals surface area contributed by atoms with E-state index in [1.807, 2.05) is 42.1 Å². The van der Waals surface area contributed by atoms with E-state index < -0.39 is 5.41 Å². The number of nitrogens with zero attached hydrogens (tertiary/aromatic N) is 3. The fourth-order valence-electron chi connectivity index (χ4n) is 6.18. The van der Waals surface area contributed by atoms with Crippen molar-refractivity contribution < 1.29 is 5.11 Å². The lowest BCUT2D eigenvalue weighted by molar-refractivity contribution is 0.476. The lowest BCUT2D eigenvalue weighted by atomic mass is 9.66. The number of hydrogen-bond donors (Lipinski definition) is 1. The molecule has 0 aliphatic rings. The molecule has 1 N–H and O–H groups in total. The Labute approximate surface area is 245 Å². The van der Waals surface area contributed by atoms with Gasteiger partial charge in [0, 0.05) is 18.8 Å². The predicted octanol–water partition coefficient (Wildman–Crippen LogP) is 8.39. The van der Waals surface area contributed by atoms with Crippen molar-refractivity contribution in [2.45, 2.75) is 5.41 Å². The molecular formula is C38H29N3O. The first-order valence-corrected chi connectivity index (χ1v) is 14.0. The van der Waals surface area contributed by atoms with E-state index >= 15 is 0 Å². The van der Waals surface area contributed by atoms with Crippen LogP contribution in [0.2, 0.25) is 0 Å². The highest BCUT2D eigenvalue weighted by Gasteiger charge is 2.39. The second kappa shape index (κ2) is 10.5. The molecule has 4 nitrogen and oxygen atoms in total. The van der Waals surface area contributed by atoms with Gasteiger partial charge in [0.2, 0.25) is 0 Å². The van der Waals surface area contributed by atoms with E-state index in [0.717, 1.165) is 50.4 Å². The highest BCUT2D eigenvalue weighted by Crippen LogP contribution is 2.45. The minimum atomic E-state index is -0.640. The minimum absolute atomic E-state index is 0.213. The molecule has 0 radical (unpaired) electrons. The summed E-state index contributed by atoms with van der Waals surface area (Å²) in [6.07, 6.45) is 1.87. The van der Waals surface area contributed by atoms with Crippen molar-refractivity contribution in [3.05, 3.63) is 174 Å². The molecule has 42 heavy (non-hydrogen) atoms. The van der Waals surface area contributed by atoms with Crippen LogP contribution in [-0.2, 0) is 12.5 Å². The van der Waals surface area contributed by atoms with Crippen LogP contribution in [0.15, 0.2) is 152 Å². The minimum Gasteiger partial charge on any atom is -0.507 e. The van der Waals surface area contributed by atoms with Gasteiger partial charge in [0.1, 0.15) is 11.6 Å². The summed E-state index contributed by atoms with van der Waals surface area (Å²) >= 11 is 0. The van der Waals surface area contributed by atoms with Gasteiger partial charge in [-0.05, 0) is 58.7 Å². The number of para-hydroxylation sites is 2. The number of phenols is 1. The van der Waals surface area contributed by atoms with Gasteiger partial charge in [-0.15, -0.1) is 0 Å². The maximum atomic E-state index is 10.6. The van der Waals surface area contributed by atoms with Crippen molar-refractivity contribution in [2.75, 3.05) is 0 Å². The molecule has 0 aliphatic heterocycles. The Balaban J connectivity index is 1.49. The van der Waals surface area contributed by atoms with Crippen molar-refractivity contribution in [1.82, 2.24) is 14.5 Å². The molecule has 2 aromatic heterocycles. The average molecular weight is 544 g/mol. The summed E-state index contributed by atoms with van der Waals surface area (Å²) in [6.45, 7) is 0. The summed E-state index contributed by atoms with van der Waals surface area (Å²) in [5.41, 5.74) is 8.40. The standard InChI is InChI=1S/C38H29N3O/c1-41-33-22-13-21-31(36(33)40-37(41)32-20-8-9-23-34(32)42)27-14-12-19-30(26-27)38(28-15-4-2-5-16-28,29-17-6-3-7-18-29)35-24-10-11-25-39-35/h2-26,42H,1H3. The van der Waals surface area contributed by atoms with Crippen molar-refractivity contribution in [1.29, 1.82) is 0 Å². The van der Waals surface area contributed by atoms with Crippen LogP contribution in [0.25, 0.3) is 33.5 Å². The van der Waals surface area contributed by atoms with Gasteiger partial charge in [-0.3, -0.25) is 4.98 Å². The number of benzene rings is 5. The molecule has 0 spiro atoms. The van der Waals surface area contributed by atoms with E-state index in [1.54, 1.807) is 6.07 Å². The Morgan fingerprint density at radius 1 is 0.595 bits per heavy atom. The molecule has 2 heterocycles. The third kappa shape index (κ3) is 4.08. The van der Waals surface area contributed by atoms with Gasteiger partial charge in [-0.2, -0.15) is 0 Å². The molecule has 7 aromatic rings. The second-order valence-electron chi connectivity index (χ2n) is 10.5. The van der Waals surface area contributed by atoms with Crippen LogP contribution in [-0.4, -0.2) is 19.6 Å². The normalized spacial score (nSPS) is 11.5. The summed E-state index contributed by atoms with van der Waals surface area (Å²) in [6, 6.07) is 49.7. The van der Waals surface area contributed by atoms with Gasteiger partial charge in [0.25, 0.3) is 0 Å². The third-order valence-electron chi connectivity index (χ3n) is 8.13. The molecule has 0 saturated heterocycles.